The Balaban J connectivity index is 1.28. The number of nitrogens with zero attached hydrogens (tertiary/aromatic N) is 3. The number of hydrogen-bond donors (Lipinski definition) is 1. The first-order valence-corrected chi connectivity index (χ1v) is 9.37. The molecule has 2 unspecified atom stereocenters. The molecule has 0 spiro atoms. The number of guanidine groups is 1. The standard InChI is InChI=1S/C18H32N4O2/c1-19-18(20-7-4-11-23-14-16-6-12-24-15-16)22-10-5-17(13-22)21-8-2-3-9-21/h2-3,16-17H,4-15H2,1H3,(H,19,20). The van der Waals surface area contributed by atoms with Crippen molar-refractivity contribution in [2.45, 2.75) is 25.3 Å². The molecule has 1 N–H and O–H groups in total. The molecule has 0 saturated carbocycles. The normalized spacial score (nSPS) is 28.2. The van der Waals surface area contributed by atoms with Crippen molar-refractivity contribution in [2.24, 2.45) is 10.9 Å². The predicted octanol–water partition coefficient (Wildman–Crippen LogP) is 0.951. The lowest BCUT2D eigenvalue weighted by Crippen LogP contribution is -2.43. The first kappa shape index (κ1) is 17.7. The summed E-state index contributed by atoms with van der Waals surface area (Å²) in [6.07, 6.45) is 7.93. The summed E-state index contributed by atoms with van der Waals surface area (Å²) in [5.74, 6) is 1.64. The number of rotatable bonds is 7. The van der Waals surface area contributed by atoms with Crippen molar-refractivity contribution >= 4 is 5.96 Å². The van der Waals surface area contributed by atoms with E-state index >= 15 is 0 Å². The van der Waals surface area contributed by atoms with Crippen LogP contribution in [0.1, 0.15) is 19.3 Å². The molecule has 0 aromatic rings. The van der Waals surface area contributed by atoms with Gasteiger partial charge in [0.2, 0.25) is 0 Å². The monoisotopic (exact) mass is 336 g/mol. The van der Waals surface area contributed by atoms with E-state index < -0.39 is 0 Å². The largest absolute Gasteiger partial charge is 0.381 e. The first-order chi connectivity index (χ1) is 11.9. The lowest BCUT2D eigenvalue weighted by Gasteiger charge is -2.25. The molecule has 0 aromatic heterocycles. The zero-order valence-corrected chi connectivity index (χ0v) is 15.0. The molecule has 3 aliphatic heterocycles. The van der Waals surface area contributed by atoms with Crippen LogP contribution in [0.25, 0.3) is 0 Å². The van der Waals surface area contributed by atoms with E-state index in [1.807, 2.05) is 7.05 Å². The fraction of sp³-hybridized carbons (Fsp3) is 0.833. The second-order valence-electron chi connectivity index (χ2n) is 6.95. The van der Waals surface area contributed by atoms with Crippen LogP contribution in [0.5, 0.6) is 0 Å². The van der Waals surface area contributed by atoms with Crippen LogP contribution in [-0.4, -0.2) is 88.0 Å². The van der Waals surface area contributed by atoms with Crippen LogP contribution in [0.3, 0.4) is 0 Å². The maximum Gasteiger partial charge on any atom is 0.193 e. The van der Waals surface area contributed by atoms with E-state index in [-0.39, 0.29) is 0 Å². The number of aliphatic imine (C=N–C) groups is 1. The van der Waals surface area contributed by atoms with E-state index in [0.29, 0.717) is 12.0 Å². The summed E-state index contributed by atoms with van der Waals surface area (Å²) in [5, 5.41) is 3.49. The van der Waals surface area contributed by atoms with Crippen LogP contribution in [-0.2, 0) is 9.47 Å². The summed E-state index contributed by atoms with van der Waals surface area (Å²) in [4.78, 5) is 9.39. The minimum atomic E-state index is 0.604. The summed E-state index contributed by atoms with van der Waals surface area (Å²) in [7, 11) is 1.88. The summed E-state index contributed by atoms with van der Waals surface area (Å²) >= 11 is 0. The number of likely N-dealkylation sites (tertiary alicyclic amines) is 1. The number of nitrogens with one attached hydrogen (secondary N) is 1. The van der Waals surface area contributed by atoms with Crippen molar-refractivity contribution in [2.75, 3.05) is 66.2 Å². The van der Waals surface area contributed by atoms with Gasteiger partial charge in [0, 0.05) is 64.9 Å². The highest BCUT2D eigenvalue weighted by atomic mass is 16.5. The molecular weight excluding hydrogens is 304 g/mol. The molecule has 0 amide bonds. The van der Waals surface area contributed by atoms with Crippen LogP contribution in [0, 0.1) is 5.92 Å². The maximum absolute atomic E-state index is 5.76. The van der Waals surface area contributed by atoms with E-state index in [4.69, 9.17) is 9.47 Å². The lowest BCUT2D eigenvalue weighted by molar-refractivity contribution is 0.0887. The third-order valence-corrected chi connectivity index (χ3v) is 5.16. The van der Waals surface area contributed by atoms with Crippen molar-refractivity contribution in [1.29, 1.82) is 0 Å². The molecule has 0 radical (unpaired) electrons. The summed E-state index contributed by atoms with van der Waals surface area (Å²) in [6, 6.07) is 0.663. The predicted molar refractivity (Wildman–Crippen MR) is 96.4 cm³/mol. The van der Waals surface area contributed by atoms with Gasteiger partial charge in [-0.1, -0.05) is 12.2 Å². The van der Waals surface area contributed by atoms with E-state index in [2.05, 4.69) is 32.3 Å². The molecule has 2 saturated heterocycles. The van der Waals surface area contributed by atoms with E-state index in [9.17, 15) is 0 Å². The van der Waals surface area contributed by atoms with Gasteiger partial charge < -0.3 is 19.7 Å². The van der Waals surface area contributed by atoms with Gasteiger partial charge in [-0.2, -0.15) is 0 Å². The topological polar surface area (TPSA) is 49.3 Å². The van der Waals surface area contributed by atoms with Crippen molar-refractivity contribution in [3.05, 3.63) is 12.2 Å². The van der Waals surface area contributed by atoms with E-state index in [1.54, 1.807) is 0 Å². The van der Waals surface area contributed by atoms with Gasteiger partial charge in [0.05, 0.1) is 13.2 Å². The van der Waals surface area contributed by atoms with E-state index in [0.717, 1.165) is 78.0 Å². The summed E-state index contributed by atoms with van der Waals surface area (Å²) in [5.41, 5.74) is 0. The Hall–Kier alpha value is -1.11. The Kier molecular flexibility index (Phi) is 6.93. The average Bonchev–Trinajstić information content (AvgIpc) is 3.34. The van der Waals surface area contributed by atoms with Gasteiger partial charge in [0.1, 0.15) is 0 Å². The van der Waals surface area contributed by atoms with Crippen LogP contribution >= 0.6 is 0 Å². The molecule has 24 heavy (non-hydrogen) atoms. The van der Waals surface area contributed by atoms with E-state index in [1.165, 1.54) is 6.42 Å². The SMILES string of the molecule is CN=C(NCCCOCC1CCOC1)N1CCC(N2CC=CC2)C1. The average molecular weight is 336 g/mol. The van der Waals surface area contributed by atoms with Crippen molar-refractivity contribution in [3.63, 3.8) is 0 Å². The Morgan fingerprint density at radius 2 is 2.21 bits per heavy atom. The van der Waals surface area contributed by atoms with Crippen molar-refractivity contribution in [3.8, 4) is 0 Å². The fourth-order valence-corrected chi connectivity index (χ4v) is 3.70. The third kappa shape index (κ3) is 4.94. The van der Waals surface area contributed by atoms with Crippen molar-refractivity contribution < 1.29 is 9.47 Å². The van der Waals surface area contributed by atoms with Crippen LogP contribution in [0.4, 0.5) is 0 Å². The fourth-order valence-electron chi connectivity index (χ4n) is 3.70. The molecule has 6 nitrogen and oxygen atoms in total. The highest BCUT2D eigenvalue weighted by Gasteiger charge is 2.29. The van der Waals surface area contributed by atoms with Gasteiger partial charge in [-0.25, -0.2) is 0 Å². The van der Waals surface area contributed by atoms with Gasteiger partial charge in [-0.05, 0) is 19.3 Å². The molecule has 3 aliphatic rings. The van der Waals surface area contributed by atoms with Crippen LogP contribution < -0.4 is 5.32 Å². The first-order valence-electron chi connectivity index (χ1n) is 9.37. The lowest BCUT2D eigenvalue weighted by atomic mass is 10.1. The number of hydrogen-bond acceptors (Lipinski definition) is 4. The van der Waals surface area contributed by atoms with Gasteiger partial charge in [0.25, 0.3) is 0 Å². The van der Waals surface area contributed by atoms with Gasteiger partial charge >= 0.3 is 0 Å². The molecule has 2 fully saturated rings. The molecule has 2 atom stereocenters. The second-order valence-corrected chi connectivity index (χ2v) is 6.95. The highest BCUT2D eigenvalue weighted by molar-refractivity contribution is 5.80. The Bertz CT molecular complexity index is 427. The van der Waals surface area contributed by atoms with Crippen LogP contribution in [0.15, 0.2) is 17.1 Å². The molecule has 6 heteroatoms. The molecule has 3 rings (SSSR count). The quantitative estimate of drug-likeness (QED) is 0.325. The molecule has 0 aromatic carbocycles. The zero-order chi connectivity index (χ0) is 16.6. The minimum absolute atomic E-state index is 0.604. The zero-order valence-electron chi connectivity index (χ0n) is 15.0. The molecule has 0 bridgehead atoms. The number of ether oxygens (including phenoxy) is 2. The molecule has 136 valence electrons. The minimum Gasteiger partial charge on any atom is -0.381 e. The van der Waals surface area contributed by atoms with Crippen LogP contribution in [0.2, 0.25) is 0 Å². The molecule has 0 aliphatic carbocycles. The second kappa shape index (κ2) is 9.39. The summed E-state index contributed by atoms with van der Waals surface area (Å²) < 4.78 is 11.1. The molecular formula is C18H32N4O2. The van der Waals surface area contributed by atoms with Gasteiger partial charge in [0.15, 0.2) is 5.96 Å². The third-order valence-electron chi connectivity index (χ3n) is 5.16. The van der Waals surface area contributed by atoms with Gasteiger partial charge in [-0.15, -0.1) is 0 Å². The maximum atomic E-state index is 5.76. The van der Waals surface area contributed by atoms with Gasteiger partial charge in [-0.3, -0.25) is 9.89 Å². The highest BCUT2D eigenvalue weighted by Crippen LogP contribution is 2.17. The molecule has 3 heterocycles. The Morgan fingerprint density at radius 3 is 2.96 bits per heavy atom. The van der Waals surface area contributed by atoms with Crippen molar-refractivity contribution in [1.82, 2.24) is 15.1 Å². The Labute approximate surface area is 145 Å². The Morgan fingerprint density at radius 1 is 1.33 bits per heavy atom. The smallest absolute Gasteiger partial charge is 0.193 e. The summed E-state index contributed by atoms with van der Waals surface area (Å²) in [6.45, 7) is 8.72.